The van der Waals surface area contributed by atoms with Gasteiger partial charge >= 0.3 is 11.9 Å². The number of aromatic nitrogens is 2. The number of anilines is 1. The first-order chi connectivity index (χ1) is 14.6. The van der Waals surface area contributed by atoms with Crippen LogP contribution in [0.15, 0.2) is 48.8 Å². The highest BCUT2D eigenvalue weighted by Gasteiger charge is 2.34. The van der Waals surface area contributed by atoms with E-state index in [1.165, 1.54) is 0 Å². The molecule has 2 fully saturated rings. The summed E-state index contributed by atoms with van der Waals surface area (Å²) < 4.78 is 7.07. The number of rotatable bonds is 4. The van der Waals surface area contributed by atoms with Gasteiger partial charge in [-0.1, -0.05) is 6.07 Å². The second kappa shape index (κ2) is 7.46. The van der Waals surface area contributed by atoms with Gasteiger partial charge in [0.15, 0.2) is 0 Å². The van der Waals surface area contributed by atoms with E-state index in [9.17, 15) is 14.7 Å². The molecule has 1 N–H and O–H groups in total. The van der Waals surface area contributed by atoms with Crippen LogP contribution in [0.1, 0.15) is 16.8 Å². The van der Waals surface area contributed by atoms with Gasteiger partial charge in [0, 0.05) is 44.0 Å². The lowest BCUT2D eigenvalue weighted by atomic mass is 10.1. The number of piperazine rings is 1. The largest absolute Gasteiger partial charge is 0.478 e. The highest BCUT2D eigenvalue weighted by molar-refractivity contribution is 5.92. The van der Waals surface area contributed by atoms with Gasteiger partial charge in [-0.25, -0.2) is 9.78 Å². The summed E-state index contributed by atoms with van der Waals surface area (Å²) in [4.78, 5) is 32.0. The summed E-state index contributed by atoms with van der Waals surface area (Å²) in [5.74, 6) is -1.05. The van der Waals surface area contributed by atoms with Gasteiger partial charge in [0.05, 0.1) is 23.2 Å². The van der Waals surface area contributed by atoms with Crippen LogP contribution in [0.2, 0.25) is 0 Å². The minimum absolute atomic E-state index is 0.0912. The number of carbonyl (C=O) groups is 2. The molecule has 1 atom stereocenters. The average Bonchev–Trinajstić information content (AvgIpc) is 3.39. The fourth-order valence-corrected chi connectivity index (χ4v) is 4.30. The Balaban J connectivity index is 1.36. The first-order valence-electron chi connectivity index (χ1n) is 10.1. The van der Waals surface area contributed by atoms with Crippen LogP contribution in [0.4, 0.5) is 5.69 Å². The zero-order valence-electron chi connectivity index (χ0n) is 16.4. The molecule has 8 heteroatoms. The van der Waals surface area contributed by atoms with Crippen molar-refractivity contribution in [3.8, 4) is 5.69 Å². The molecular weight excluding hydrogens is 384 g/mol. The molecule has 0 amide bonds. The van der Waals surface area contributed by atoms with Gasteiger partial charge in [-0.2, -0.15) is 0 Å². The molecule has 2 saturated heterocycles. The number of carbonyl (C=O) groups excluding carboxylic acids is 1. The van der Waals surface area contributed by atoms with Gasteiger partial charge in [-0.15, -0.1) is 0 Å². The standard InChI is InChI=1S/C22H22N4O4/c27-21(28)15-4-5-19-18(12-15)23-14-26(19)17-3-1-2-16(13-17)24-7-9-25(10-8-24)20-6-11-30-22(20)29/h1-5,12-14,20H,6-11H2,(H,27,28). The predicted octanol–water partition coefficient (Wildman–Crippen LogP) is 2.16. The number of fused-ring (bicyclic) bond motifs is 1. The number of esters is 1. The van der Waals surface area contributed by atoms with Crippen LogP contribution in [0.3, 0.4) is 0 Å². The van der Waals surface area contributed by atoms with E-state index < -0.39 is 5.97 Å². The van der Waals surface area contributed by atoms with Gasteiger partial charge < -0.3 is 14.7 Å². The Morgan fingerprint density at radius 3 is 2.60 bits per heavy atom. The fourth-order valence-electron chi connectivity index (χ4n) is 4.30. The number of cyclic esters (lactones) is 1. The van der Waals surface area contributed by atoms with Crippen molar-refractivity contribution in [2.75, 3.05) is 37.7 Å². The highest BCUT2D eigenvalue weighted by Crippen LogP contribution is 2.25. The van der Waals surface area contributed by atoms with Crippen molar-refractivity contribution in [1.29, 1.82) is 0 Å². The quantitative estimate of drug-likeness (QED) is 0.665. The number of nitrogens with zero attached hydrogens (tertiary/aromatic N) is 4. The van der Waals surface area contributed by atoms with E-state index in [1.807, 2.05) is 16.7 Å². The third kappa shape index (κ3) is 3.29. The summed E-state index contributed by atoms with van der Waals surface area (Å²) in [7, 11) is 0. The Hall–Kier alpha value is -3.39. The number of benzene rings is 2. The number of carboxylic acids is 1. The van der Waals surface area contributed by atoms with E-state index in [0.29, 0.717) is 12.1 Å². The number of imidazole rings is 1. The maximum atomic E-state index is 11.8. The van der Waals surface area contributed by atoms with Crippen molar-refractivity contribution >= 4 is 28.7 Å². The van der Waals surface area contributed by atoms with Crippen molar-refractivity contribution in [3.63, 3.8) is 0 Å². The number of hydrogen-bond acceptors (Lipinski definition) is 6. The van der Waals surface area contributed by atoms with Crippen molar-refractivity contribution in [2.45, 2.75) is 12.5 Å². The van der Waals surface area contributed by atoms with Crippen molar-refractivity contribution in [1.82, 2.24) is 14.5 Å². The van der Waals surface area contributed by atoms with E-state index in [0.717, 1.165) is 49.5 Å². The molecule has 3 heterocycles. The molecule has 0 radical (unpaired) electrons. The van der Waals surface area contributed by atoms with Crippen molar-refractivity contribution in [2.24, 2.45) is 0 Å². The smallest absolute Gasteiger partial charge is 0.335 e. The lowest BCUT2D eigenvalue weighted by Crippen LogP contribution is -2.51. The summed E-state index contributed by atoms with van der Waals surface area (Å²) in [6, 6.07) is 13.1. The van der Waals surface area contributed by atoms with Crippen LogP contribution < -0.4 is 4.90 Å². The third-order valence-electron chi connectivity index (χ3n) is 5.93. The molecular formula is C22H22N4O4. The Labute approximate surface area is 173 Å². The van der Waals surface area contributed by atoms with E-state index in [4.69, 9.17) is 4.74 Å². The maximum absolute atomic E-state index is 11.8. The molecule has 1 unspecified atom stereocenters. The lowest BCUT2D eigenvalue weighted by Gasteiger charge is -2.37. The maximum Gasteiger partial charge on any atom is 0.335 e. The first-order valence-corrected chi connectivity index (χ1v) is 10.1. The molecule has 2 aliphatic heterocycles. The molecule has 30 heavy (non-hydrogen) atoms. The highest BCUT2D eigenvalue weighted by atomic mass is 16.5. The fraction of sp³-hybridized carbons (Fsp3) is 0.318. The number of ether oxygens (including phenoxy) is 1. The second-order valence-corrected chi connectivity index (χ2v) is 7.64. The summed E-state index contributed by atoms with van der Waals surface area (Å²) in [5.41, 5.74) is 3.83. The van der Waals surface area contributed by atoms with Gasteiger partial charge in [0.2, 0.25) is 0 Å². The van der Waals surface area contributed by atoms with Gasteiger partial charge in [0.1, 0.15) is 12.4 Å². The van der Waals surface area contributed by atoms with E-state index in [2.05, 4.69) is 26.9 Å². The molecule has 0 bridgehead atoms. The number of carboxylic acid groups (broad SMARTS) is 1. The van der Waals surface area contributed by atoms with Crippen LogP contribution >= 0.6 is 0 Å². The van der Waals surface area contributed by atoms with E-state index in [-0.39, 0.29) is 17.6 Å². The lowest BCUT2D eigenvalue weighted by molar-refractivity contribution is -0.142. The predicted molar refractivity (Wildman–Crippen MR) is 111 cm³/mol. The van der Waals surface area contributed by atoms with E-state index >= 15 is 0 Å². The summed E-state index contributed by atoms with van der Waals surface area (Å²) in [6.07, 6.45) is 2.50. The molecule has 3 aromatic rings. The third-order valence-corrected chi connectivity index (χ3v) is 5.93. The van der Waals surface area contributed by atoms with Crippen LogP contribution in [0, 0.1) is 0 Å². The van der Waals surface area contributed by atoms with Gasteiger partial charge in [-0.05, 0) is 36.4 Å². The van der Waals surface area contributed by atoms with Crippen molar-refractivity contribution < 1.29 is 19.4 Å². The summed E-state index contributed by atoms with van der Waals surface area (Å²) in [5, 5.41) is 9.18. The van der Waals surface area contributed by atoms with Crippen LogP contribution in [-0.2, 0) is 9.53 Å². The zero-order chi connectivity index (χ0) is 20.7. The minimum Gasteiger partial charge on any atom is -0.478 e. The Morgan fingerprint density at radius 2 is 1.87 bits per heavy atom. The van der Waals surface area contributed by atoms with Gasteiger partial charge in [-0.3, -0.25) is 14.3 Å². The Kier molecular flexibility index (Phi) is 4.63. The van der Waals surface area contributed by atoms with E-state index in [1.54, 1.807) is 24.5 Å². The number of hydrogen-bond donors (Lipinski definition) is 1. The molecule has 1 aromatic heterocycles. The molecule has 0 aliphatic carbocycles. The zero-order valence-corrected chi connectivity index (χ0v) is 16.4. The normalized spacial score (nSPS) is 19.9. The monoisotopic (exact) mass is 406 g/mol. The Bertz CT molecular complexity index is 1120. The Morgan fingerprint density at radius 1 is 1.07 bits per heavy atom. The SMILES string of the molecule is O=C(O)c1ccc2c(c1)ncn2-c1cccc(N2CCN(C3CCOC3=O)CC2)c1. The molecule has 5 rings (SSSR count). The van der Waals surface area contributed by atoms with Crippen molar-refractivity contribution in [3.05, 3.63) is 54.4 Å². The summed E-state index contributed by atoms with van der Waals surface area (Å²) >= 11 is 0. The molecule has 154 valence electrons. The molecule has 8 nitrogen and oxygen atoms in total. The second-order valence-electron chi connectivity index (χ2n) is 7.64. The molecule has 2 aromatic carbocycles. The average molecular weight is 406 g/mol. The van der Waals surface area contributed by atoms with Crippen LogP contribution in [0.5, 0.6) is 0 Å². The molecule has 2 aliphatic rings. The molecule has 0 saturated carbocycles. The van der Waals surface area contributed by atoms with Gasteiger partial charge in [0.25, 0.3) is 0 Å². The molecule has 0 spiro atoms. The number of aromatic carboxylic acids is 1. The summed E-state index contributed by atoms with van der Waals surface area (Å²) in [6.45, 7) is 3.88. The topological polar surface area (TPSA) is 87.9 Å². The minimum atomic E-state index is -0.960. The van der Waals surface area contributed by atoms with Crippen LogP contribution in [-0.4, -0.2) is 70.3 Å². The van der Waals surface area contributed by atoms with Crippen LogP contribution in [0.25, 0.3) is 16.7 Å². The first kappa shape index (κ1) is 18.6.